The number of hydrogen-bond donors (Lipinski definition) is 0. The fourth-order valence-corrected chi connectivity index (χ4v) is 8.06. The molecule has 0 atom stereocenters. The van der Waals surface area contributed by atoms with Gasteiger partial charge in [-0.25, -0.2) is 0 Å². The van der Waals surface area contributed by atoms with E-state index >= 15 is 0 Å². The molecule has 5 heteroatoms. The number of rotatable bonds is 0. The topological polar surface area (TPSA) is 18.7 Å². The molecule has 0 amide bonds. The van der Waals surface area contributed by atoms with Gasteiger partial charge in [-0.15, -0.1) is 0 Å². The van der Waals surface area contributed by atoms with E-state index in [9.17, 15) is 0 Å². The molecule has 4 aromatic heterocycles. The molecule has 2 aliphatic rings. The normalized spacial score (nSPS) is 13.6. The van der Waals surface area contributed by atoms with Crippen LogP contribution in [0.5, 0.6) is 0 Å². The van der Waals surface area contributed by atoms with Gasteiger partial charge in [0.05, 0.1) is 33.1 Å². The van der Waals surface area contributed by atoms with Gasteiger partial charge in [0.15, 0.2) is 0 Å². The van der Waals surface area contributed by atoms with Crippen molar-refractivity contribution in [2.24, 2.45) is 0 Å². The second-order valence-electron chi connectivity index (χ2n) is 11.0. The van der Waals surface area contributed by atoms with Crippen molar-refractivity contribution in [3.05, 3.63) is 115 Å². The first-order valence-corrected chi connectivity index (χ1v) is 13.6. The Morgan fingerprint density at radius 3 is 1.26 bits per heavy atom. The van der Waals surface area contributed by atoms with Crippen LogP contribution in [0.2, 0.25) is 0 Å². The maximum Gasteiger partial charge on any atom is 0.258 e. The summed E-state index contributed by atoms with van der Waals surface area (Å²) in [6.45, 7) is 0.134. The number of para-hydroxylation sites is 6. The highest BCUT2D eigenvalue weighted by molar-refractivity contribution is 7.02. The fraction of sp³-hybridized carbons (Fsp3) is 0. The SMILES string of the molecule is c1cc2c3c(c1)-n1c4ccccc4n4c5ccccc5c(c14)B3c1c3ccccc3n3c4ccccc4n-2c13. The lowest BCUT2D eigenvalue weighted by Gasteiger charge is -2.31. The maximum atomic E-state index is 2.52. The Balaban J connectivity index is 1.49. The molecule has 0 bridgehead atoms. The van der Waals surface area contributed by atoms with Gasteiger partial charge in [0.2, 0.25) is 0 Å². The van der Waals surface area contributed by atoms with Crippen LogP contribution in [0.25, 0.3) is 66.5 Å². The molecule has 0 aliphatic carbocycles. The summed E-state index contributed by atoms with van der Waals surface area (Å²) in [4.78, 5) is 0. The summed E-state index contributed by atoms with van der Waals surface area (Å²) in [5.41, 5.74) is 16.9. The predicted octanol–water partition coefficient (Wildman–Crippen LogP) is 5.53. The number of hydrogen-bond acceptors (Lipinski definition) is 0. The fourth-order valence-electron chi connectivity index (χ4n) is 8.06. The number of imidazole rings is 2. The standard InChI is InChI=1S/C34H19BN4/c1-3-12-22-20(10-1)30-33-36(22)24-14-5-7-16-26(24)38(33)28-18-9-19-29-32(28)35(30)31-21-11-2-4-13-23(21)37-25-15-6-8-17-27(25)39(29)34(31)37/h1-19H. The number of aromatic nitrogens is 4. The van der Waals surface area contributed by atoms with E-state index in [0.29, 0.717) is 0 Å². The maximum absolute atomic E-state index is 2.52. The molecule has 0 fully saturated rings. The lowest BCUT2D eigenvalue weighted by molar-refractivity contribution is 1.12. The van der Waals surface area contributed by atoms with Crippen LogP contribution in [-0.2, 0) is 0 Å². The largest absolute Gasteiger partial charge is 0.295 e. The Morgan fingerprint density at radius 2 is 0.769 bits per heavy atom. The van der Waals surface area contributed by atoms with Crippen molar-refractivity contribution >= 4 is 78.3 Å². The summed E-state index contributed by atoms with van der Waals surface area (Å²) in [6, 6.07) is 42.6. The Labute approximate surface area is 222 Å². The summed E-state index contributed by atoms with van der Waals surface area (Å²) >= 11 is 0. The van der Waals surface area contributed by atoms with Crippen molar-refractivity contribution in [2.75, 3.05) is 0 Å². The van der Waals surface area contributed by atoms with Gasteiger partial charge in [0, 0.05) is 11.4 Å². The molecule has 6 heterocycles. The highest BCUT2D eigenvalue weighted by Crippen LogP contribution is 2.38. The Morgan fingerprint density at radius 1 is 0.359 bits per heavy atom. The summed E-state index contributed by atoms with van der Waals surface area (Å²) in [5, 5.41) is 2.68. The average Bonchev–Trinajstić information content (AvgIpc) is 3.71. The van der Waals surface area contributed by atoms with Gasteiger partial charge < -0.3 is 0 Å². The van der Waals surface area contributed by atoms with Crippen LogP contribution in [-0.4, -0.2) is 24.6 Å². The van der Waals surface area contributed by atoms with Crippen LogP contribution in [0.3, 0.4) is 0 Å². The van der Waals surface area contributed by atoms with E-state index < -0.39 is 0 Å². The number of benzene rings is 5. The molecule has 9 aromatic rings. The van der Waals surface area contributed by atoms with Gasteiger partial charge in [-0.3, -0.25) is 17.9 Å². The highest BCUT2D eigenvalue weighted by atomic mass is 15.2. The molecule has 0 saturated carbocycles. The van der Waals surface area contributed by atoms with E-state index in [2.05, 4.69) is 133 Å². The van der Waals surface area contributed by atoms with Crippen LogP contribution < -0.4 is 16.4 Å². The van der Waals surface area contributed by atoms with E-state index in [4.69, 9.17) is 0 Å². The van der Waals surface area contributed by atoms with Gasteiger partial charge in [-0.2, -0.15) is 0 Å². The van der Waals surface area contributed by atoms with E-state index in [-0.39, 0.29) is 6.71 Å². The predicted molar refractivity (Wildman–Crippen MR) is 162 cm³/mol. The lowest BCUT2D eigenvalue weighted by atomic mass is 9.34. The molecule has 0 N–H and O–H groups in total. The Bertz CT molecular complexity index is 2400. The molecular weight excluding hydrogens is 475 g/mol. The molecule has 0 saturated heterocycles. The van der Waals surface area contributed by atoms with E-state index in [1.54, 1.807) is 0 Å². The average molecular weight is 494 g/mol. The van der Waals surface area contributed by atoms with Crippen LogP contribution in [0.15, 0.2) is 115 Å². The number of nitrogens with zero attached hydrogens (tertiary/aromatic N) is 4. The van der Waals surface area contributed by atoms with Gasteiger partial charge >= 0.3 is 0 Å². The van der Waals surface area contributed by atoms with Crippen LogP contribution in [0.4, 0.5) is 0 Å². The molecule has 39 heavy (non-hydrogen) atoms. The first kappa shape index (κ1) is 19.0. The molecule has 2 aliphatic heterocycles. The van der Waals surface area contributed by atoms with Crippen LogP contribution in [0.1, 0.15) is 0 Å². The molecule has 4 nitrogen and oxygen atoms in total. The molecule has 0 spiro atoms. The lowest BCUT2D eigenvalue weighted by Crippen LogP contribution is -2.59. The monoisotopic (exact) mass is 494 g/mol. The van der Waals surface area contributed by atoms with Gasteiger partial charge in [0.1, 0.15) is 11.3 Å². The van der Waals surface area contributed by atoms with Crippen molar-refractivity contribution in [3.8, 4) is 11.4 Å². The second kappa shape index (κ2) is 6.11. The van der Waals surface area contributed by atoms with E-state index in [1.807, 2.05) is 0 Å². The molecule has 0 radical (unpaired) electrons. The summed E-state index contributed by atoms with van der Waals surface area (Å²) < 4.78 is 10.0. The van der Waals surface area contributed by atoms with Gasteiger partial charge in [0.25, 0.3) is 6.71 Å². The molecule has 11 rings (SSSR count). The van der Waals surface area contributed by atoms with Crippen molar-refractivity contribution in [3.63, 3.8) is 0 Å². The third kappa shape index (κ3) is 1.88. The third-order valence-electron chi connectivity index (χ3n) is 9.33. The highest BCUT2D eigenvalue weighted by Gasteiger charge is 2.44. The summed E-state index contributed by atoms with van der Waals surface area (Å²) in [6.07, 6.45) is 0. The van der Waals surface area contributed by atoms with E-state index in [1.165, 1.54) is 82.9 Å². The van der Waals surface area contributed by atoms with Gasteiger partial charge in [-0.05, 0) is 75.7 Å². The van der Waals surface area contributed by atoms with Gasteiger partial charge in [-0.1, -0.05) is 66.7 Å². The zero-order valence-corrected chi connectivity index (χ0v) is 20.8. The third-order valence-corrected chi connectivity index (χ3v) is 9.33. The molecule has 178 valence electrons. The number of fused-ring (bicyclic) bond motifs is 16. The molecular formula is C34H19BN4. The van der Waals surface area contributed by atoms with Crippen molar-refractivity contribution in [2.45, 2.75) is 0 Å². The Hall–Kier alpha value is -5.16. The van der Waals surface area contributed by atoms with E-state index in [0.717, 1.165) is 0 Å². The second-order valence-corrected chi connectivity index (χ2v) is 11.0. The van der Waals surface area contributed by atoms with Crippen LogP contribution >= 0.6 is 0 Å². The van der Waals surface area contributed by atoms with Crippen molar-refractivity contribution < 1.29 is 0 Å². The zero-order chi connectivity index (χ0) is 25.0. The summed E-state index contributed by atoms with van der Waals surface area (Å²) in [5.74, 6) is 0. The van der Waals surface area contributed by atoms with Crippen molar-refractivity contribution in [1.29, 1.82) is 0 Å². The molecule has 0 unspecified atom stereocenters. The van der Waals surface area contributed by atoms with Crippen LogP contribution in [0, 0.1) is 0 Å². The quantitative estimate of drug-likeness (QED) is 0.247. The minimum Gasteiger partial charge on any atom is -0.295 e. The summed E-state index contributed by atoms with van der Waals surface area (Å²) in [7, 11) is 0. The Kier molecular flexibility index (Phi) is 2.97. The minimum atomic E-state index is 0.134. The zero-order valence-electron chi connectivity index (χ0n) is 20.8. The smallest absolute Gasteiger partial charge is 0.258 e. The van der Waals surface area contributed by atoms with Crippen molar-refractivity contribution in [1.82, 2.24) is 17.9 Å². The first-order chi connectivity index (χ1) is 19.4. The first-order valence-electron chi connectivity index (χ1n) is 13.6. The molecule has 5 aromatic carbocycles. The minimum absolute atomic E-state index is 0.134.